The van der Waals surface area contributed by atoms with Crippen LogP contribution in [-0.2, 0) is 6.54 Å². The van der Waals surface area contributed by atoms with Gasteiger partial charge in [0, 0.05) is 10.6 Å². The molecule has 0 spiro atoms. The minimum atomic E-state index is 0.474. The molecule has 0 radical (unpaired) electrons. The van der Waals surface area contributed by atoms with Crippen molar-refractivity contribution >= 4 is 28.7 Å². The summed E-state index contributed by atoms with van der Waals surface area (Å²) in [6, 6.07) is 17.6. The van der Waals surface area contributed by atoms with Gasteiger partial charge in [0.05, 0.1) is 30.0 Å². The molecule has 0 amide bonds. The molecule has 0 N–H and O–H groups in total. The van der Waals surface area contributed by atoms with Crippen molar-refractivity contribution < 1.29 is 0 Å². The molecule has 1 heterocycles. The second-order valence-corrected chi connectivity index (χ2v) is 5.07. The molecule has 3 aromatic rings. The molecule has 0 atom stereocenters. The van der Waals surface area contributed by atoms with E-state index in [0.29, 0.717) is 17.1 Å². The lowest BCUT2D eigenvalue weighted by Crippen LogP contribution is -1.98. The number of nitrogens with zero attached hydrogens (tertiary/aromatic N) is 3. The fourth-order valence-corrected chi connectivity index (χ4v) is 2.40. The first-order chi connectivity index (χ1) is 10.3. The SMILES string of the molecule is N#C/C(=C/c1ccccc1Cl)Cn1cnc2ccccc21. The highest BCUT2D eigenvalue weighted by Crippen LogP contribution is 2.20. The zero-order valence-electron chi connectivity index (χ0n) is 11.2. The summed E-state index contributed by atoms with van der Waals surface area (Å²) in [6.07, 6.45) is 3.57. The van der Waals surface area contributed by atoms with Crippen molar-refractivity contribution in [3.8, 4) is 6.07 Å². The monoisotopic (exact) mass is 293 g/mol. The third-order valence-corrected chi connectivity index (χ3v) is 3.59. The summed E-state index contributed by atoms with van der Waals surface area (Å²) in [5.74, 6) is 0. The van der Waals surface area contributed by atoms with Crippen molar-refractivity contribution in [2.75, 3.05) is 0 Å². The molecule has 1 aromatic heterocycles. The van der Waals surface area contributed by atoms with Crippen molar-refractivity contribution in [2.45, 2.75) is 6.54 Å². The van der Waals surface area contributed by atoms with Gasteiger partial charge in [0.1, 0.15) is 0 Å². The molecule has 0 saturated heterocycles. The second kappa shape index (κ2) is 5.82. The van der Waals surface area contributed by atoms with Crippen LogP contribution in [0.3, 0.4) is 0 Å². The van der Waals surface area contributed by atoms with Gasteiger partial charge in [-0.3, -0.25) is 0 Å². The van der Waals surface area contributed by atoms with Crippen LogP contribution < -0.4 is 0 Å². The number of aromatic nitrogens is 2. The molecular weight excluding hydrogens is 282 g/mol. The first kappa shape index (κ1) is 13.4. The minimum absolute atomic E-state index is 0.474. The fourth-order valence-electron chi connectivity index (χ4n) is 2.21. The minimum Gasteiger partial charge on any atom is -0.325 e. The number of halogens is 1. The van der Waals surface area contributed by atoms with Crippen LogP contribution in [0, 0.1) is 11.3 Å². The zero-order chi connectivity index (χ0) is 14.7. The topological polar surface area (TPSA) is 41.6 Å². The Morgan fingerprint density at radius 2 is 1.95 bits per heavy atom. The molecule has 3 rings (SSSR count). The molecule has 0 aliphatic heterocycles. The van der Waals surface area contributed by atoms with Gasteiger partial charge in [0.2, 0.25) is 0 Å². The number of hydrogen-bond donors (Lipinski definition) is 0. The summed E-state index contributed by atoms with van der Waals surface area (Å²) in [5.41, 5.74) is 3.41. The first-order valence-corrected chi connectivity index (χ1v) is 6.91. The predicted octanol–water partition coefficient (Wildman–Crippen LogP) is 4.30. The number of para-hydroxylation sites is 2. The average molecular weight is 294 g/mol. The van der Waals surface area contributed by atoms with E-state index < -0.39 is 0 Å². The molecule has 0 fully saturated rings. The van der Waals surface area contributed by atoms with Gasteiger partial charge in [-0.05, 0) is 29.8 Å². The van der Waals surface area contributed by atoms with Crippen molar-refractivity contribution in [1.82, 2.24) is 9.55 Å². The average Bonchev–Trinajstić information content (AvgIpc) is 2.92. The van der Waals surface area contributed by atoms with Gasteiger partial charge in [-0.1, -0.05) is 41.9 Å². The van der Waals surface area contributed by atoms with Gasteiger partial charge in [-0.15, -0.1) is 0 Å². The van der Waals surface area contributed by atoms with Crippen LogP contribution in [0.4, 0.5) is 0 Å². The van der Waals surface area contributed by atoms with Crippen molar-refractivity contribution in [3.63, 3.8) is 0 Å². The largest absolute Gasteiger partial charge is 0.325 e. The maximum absolute atomic E-state index is 9.35. The van der Waals surface area contributed by atoms with Crippen LogP contribution in [0.15, 0.2) is 60.4 Å². The summed E-state index contributed by atoms with van der Waals surface area (Å²) >= 11 is 6.13. The predicted molar refractivity (Wildman–Crippen MR) is 84.8 cm³/mol. The summed E-state index contributed by atoms with van der Waals surface area (Å²) in [5, 5.41) is 9.99. The van der Waals surface area contributed by atoms with E-state index in [1.807, 2.05) is 59.2 Å². The molecule has 0 bridgehead atoms. The summed E-state index contributed by atoms with van der Waals surface area (Å²) < 4.78 is 1.96. The summed E-state index contributed by atoms with van der Waals surface area (Å²) in [7, 11) is 0. The number of rotatable bonds is 3. The Labute approximate surface area is 127 Å². The van der Waals surface area contributed by atoms with Gasteiger partial charge in [-0.2, -0.15) is 5.26 Å². The Morgan fingerprint density at radius 3 is 2.76 bits per heavy atom. The first-order valence-electron chi connectivity index (χ1n) is 6.53. The third kappa shape index (κ3) is 2.81. The lowest BCUT2D eigenvalue weighted by atomic mass is 10.1. The van der Waals surface area contributed by atoms with Gasteiger partial charge < -0.3 is 4.57 Å². The normalized spacial score (nSPS) is 11.5. The number of imidazole rings is 1. The number of hydrogen-bond acceptors (Lipinski definition) is 2. The molecule has 0 aliphatic rings. The molecule has 2 aromatic carbocycles. The van der Waals surface area contributed by atoms with Crippen LogP contribution in [0.5, 0.6) is 0 Å². The summed E-state index contributed by atoms with van der Waals surface area (Å²) in [6.45, 7) is 0.474. The number of fused-ring (bicyclic) bond motifs is 1. The maximum atomic E-state index is 9.35. The highest BCUT2D eigenvalue weighted by Gasteiger charge is 2.05. The van der Waals surface area contributed by atoms with E-state index in [1.54, 1.807) is 6.33 Å². The smallest absolute Gasteiger partial charge is 0.0966 e. The van der Waals surface area contributed by atoms with E-state index >= 15 is 0 Å². The van der Waals surface area contributed by atoms with E-state index in [4.69, 9.17) is 11.6 Å². The van der Waals surface area contributed by atoms with Crippen molar-refractivity contribution in [2.24, 2.45) is 0 Å². The Hall–Kier alpha value is -2.57. The van der Waals surface area contributed by atoms with Crippen LogP contribution in [0.25, 0.3) is 17.1 Å². The van der Waals surface area contributed by atoms with E-state index in [1.165, 1.54) is 0 Å². The molecule has 3 nitrogen and oxygen atoms in total. The van der Waals surface area contributed by atoms with E-state index in [-0.39, 0.29) is 0 Å². The van der Waals surface area contributed by atoms with Gasteiger partial charge in [0.15, 0.2) is 0 Å². The molecule has 21 heavy (non-hydrogen) atoms. The lowest BCUT2D eigenvalue weighted by Gasteiger charge is -2.04. The third-order valence-electron chi connectivity index (χ3n) is 3.25. The Kier molecular flexibility index (Phi) is 3.72. The van der Waals surface area contributed by atoms with Gasteiger partial charge >= 0.3 is 0 Å². The van der Waals surface area contributed by atoms with Crippen LogP contribution in [-0.4, -0.2) is 9.55 Å². The Bertz CT molecular complexity index is 856. The molecule has 0 saturated carbocycles. The molecule has 0 unspecified atom stereocenters. The number of nitriles is 1. The van der Waals surface area contributed by atoms with Gasteiger partial charge in [-0.25, -0.2) is 4.98 Å². The molecule has 4 heteroatoms. The van der Waals surface area contributed by atoms with Crippen molar-refractivity contribution in [3.05, 3.63) is 71.0 Å². The van der Waals surface area contributed by atoms with Crippen LogP contribution in [0.1, 0.15) is 5.56 Å². The summed E-state index contributed by atoms with van der Waals surface area (Å²) in [4.78, 5) is 4.33. The Balaban J connectivity index is 1.95. The van der Waals surface area contributed by atoms with E-state index in [9.17, 15) is 5.26 Å². The zero-order valence-corrected chi connectivity index (χ0v) is 12.0. The highest BCUT2D eigenvalue weighted by atomic mass is 35.5. The molecule has 0 aliphatic carbocycles. The van der Waals surface area contributed by atoms with Crippen LogP contribution >= 0.6 is 11.6 Å². The van der Waals surface area contributed by atoms with Crippen LogP contribution in [0.2, 0.25) is 5.02 Å². The van der Waals surface area contributed by atoms with Gasteiger partial charge in [0.25, 0.3) is 0 Å². The maximum Gasteiger partial charge on any atom is 0.0966 e. The second-order valence-electron chi connectivity index (χ2n) is 4.66. The number of allylic oxidation sites excluding steroid dienone is 1. The number of benzene rings is 2. The molecule has 102 valence electrons. The lowest BCUT2D eigenvalue weighted by molar-refractivity contribution is 0.830. The standard InChI is InChI=1S/C17H12ClN3/c18-15-6-2-1-5-14(15)9-13(10-19)11-21-12-20-16-7-3-4-8-17(16)21/h1-9,12H,11H2/b13-9-. The van der Waals surface area contributed by atoms with E-state index in [2.05, 4.69) is 11.1 Å². The van der Waals surface area contributed by atoms with Crippen molar-refractivity contribution in [1.29, 1.82) is 5.26 Å². The fraction of sp³-hybridized carbons (Fsp3) is 0.0588. The Morgan fingerprint density at radius 1 is 1.19 bits per heavy atom. The van der Waals surface area contributed by atoms with E-state index in [0.717, 1.165) is 16.6 Å². The highest BCUT2D eigenvalue weighted by molar-refractivity contribution is 6.32. The quantitative estimate of drug-likeness (QED) is 0.676. The molecular formula is C17H12ClN3.